The Balaban J connectivity index is 2.87. The fourth-order valence-corrected chi connectivity index (χ4v) is 2.30. The van der Waals surface area contributed by atoms with E-state index >= 15 is 0 Å². The van der Waals surface area contributed by atoms with Crippen molar-refractivity contribution in [2.45, 2.75) is 0 Å². The van der Waals surface area contributed by atoms with E-state index in [-0.39, 0.29) is 16.3 Å². The molecule has 0 aromatic heterocycles. The number of halogens is 1. The highest BCUT2D eigenvalue weighted by molar-refractivity contribution is 7.90. The van der Waals surface area contributed by atoms with E-state index in [0.29, 0.717) is 12.2 Å². The SMILES string of the molecule is CN(CCS(C)(=O)=O)c1ccc(C(=O)O)cc1Cl. The molecule has 100 valence electrons. The first-order valence-corrected chi connectivity index (χ1v) is 7.56. The smallest absolute Gasteiger partial charge is 0.335 e. The van der Waals surface area contributed by atoms with Crippen molar-refractivity contribution in [2.24, 2.45) is 0 Å². The minimum absolute atomic E-state index is 0.0144. The molecule has 1 N–H and O–H groups in total. The lowest BCUT2D eigenvalue weighted by molar-refractivity contribution is 0.0697. The van der Waals surface area contributed by atoms with E-state index in [2.05, 4.69) is 0 Å². The number of anilines is 1. The van der Waals surface area contributed by atoms with Crippen LogP contribution in [0.15, 0.2) is 18.2 Å². The molecular weight excluding hydrogens is 278 g/mol. The summed E-state index contributed by atoms with van der Waals surface area (Å²) >= 11 is 5.96. The van der Waals surface area contributed by atoms with Crippen LogP contribution in [0.25, 0.3) is 0 Å². The summed E-state index contributed by atoms with van der Waals surface area (Å²) in [4.78, 5) is 12.4. The van der Waals surface area contributed by atoms with Crippen LogP contribution in [0.5, 0.6) is 0 Å². The Bertz CT molecular complexity index is 556. The molecule has 0 aliphatic carbocycles. The number of aromatic carboxylic acids is 1. The number of carbonyl (C=O) groups is 1. The van der Waals surface area contributed by atoms with Crippen LogP contribution in [-0.2, 0) is 9.84 Å². The van der Waals surface area contributed by atoms with Gasteiger partial charge in [0.1, 0.15) is 9.84 Å². The summed E-state index contributed by atoms with van der Waals surface area (Å²) in [5.41, 5.74) is 0.700. The van der Waals surface area contributed by atoms with E-state index in [1.165, 1.54) is 12.1 Å². The van der Waals surface area contributed by atoms with Crippen LogP contribution in [0.1, 0.15) is 10.4 Å². The molecule has 0 bridgehead atoms. The number of sulfone groups is 1. The van der Waals surface area contributed by atoms with Gasteiger partial charge >= 0.3 is 5.97 Å². The minimum atomic E-state index is -3.04. The molecule has 0 radical (unpaired) electrons. The third-order valence-electron chi connectivity index (χ3n) is 2.40. The molecule has 0 unspecified atom stereocenters. The topological polar surface area (TPSA) is 74.7 Å². The molecule has 1 rings (SSSR count). The molecule has 5 nitrogen and oxygen atoms in total. The molecule has 0 saturated heterocycles. The Morgan fingerprint density at radius 2 is 2.06 bits per heavy atom. The maximum absolute atomic E-state index is 11.1. The van der Waals surface area contributed by atoms with Gasteiger partial charge in [-0.3, -0.25) is 0 Å². The number of carboxylic acids is 1. The molecule has 0 aliphatic rings. The summed E-state index contributed by atoms with van der Waals surface area (Å²) in [5.74, 6) is -1.04. The molecule has 0 fully saturated rings. The van der Waals surface area contributed by atoms with Gasteiger partial charge in [0.05, 0.1) is 22.0 Å². The van der Waals surface area contributed by atoms with Gasteiger partial charge in [0.25, 0.3) is 0 Å². The zero-order chi connectivity index (χ0) is 13.9. The van der Waals surface area contributed by atoms with Crippen molar-refractivity contribution < 1.29 is 18.3 Å². The van der Waals surface area contributed by atoms with Crippen molar-refractivity contribution in [3.05, 3.63) is 28.8 Å². The Morgan fingerprint density at radius 1 is 1.44 bits per heavy atom. The monoisotopic (exact) mass is 291 g/mol. The number of benzene rings is 1. The van der Waals surface area contributed by atoms with Crippen LogP contribution in [0.2, 0.25) is 5.02 Å². The molecular formula is C11H14ClNO4S. The second kappa shape index (κ2) is 5.58. The largest absolute Gasteiger partial charge is 0.478 e. The first kappa shape index (κ1) is 14.8. The highest BCUT2D eigenvalue weighted by Gasteiger charge is 2.12. The number of hydrogen-bond donors (Lipinski definition) is 1. The zero-order valence-electron chi connectivity index (χ0n) is 10.1. The van der Waals surface area contributed by atoms with Crippen LogP contribution in [0.4, 0.5) is 5.69 Å². The van der Waals surface area contributed by atoms with Crippen molar-refractivity contribution in [1.29, 1.82) is 0 Å². The number of rotatable bonds is 5. The van der Waals surface area contributed by atoms with Crippen molar-refractivity contribution in [1.82, 2.24) is 0 Å². The first-order chi connectivity index (χ1) is 8.20. The second-order valence-electron chi connectivity index (χ2n) is 4.02. The lowest BCUT2D eigenvalue weighted by Crippen LogP contribution is -2.25. The molecule has 0 spiro atoms. The van der Waals surface area contributed by atoms with Crippen LogP contribution in [0.3, 0.4) is 0 Å². The summed E-state index contributed by atoms with van der Waals surface area (Å²) in [6, 6.07) is 4.34. The van der Waals surface area contributed by atoms with Crippen molar-refractivity contribution in [2.75, 3.05) is 30.5 Å². The van der Waals surface area contributed by atoms with Crippen LogP contribution < -0.4 is 4.90 Å². The third-order valence-corrected chi connectivity index (χ3v) is 3.63. The number of nitrogens with zero attached hydrogens (tertiary/aromatic N) is 1. The summed E-state index contributed by atoms with van der Waals surface area (Å²) in [6.45, 7) is 0.297. The van der Waals surface area contributed by atoms with E-state index in [0.717, 1.165) is 6.26 Å². The average Bonchev–Trinajstić information content (AvgIpc) is 2.24. The van der Waals surface area contributed by atoms with Gasteiger partial charge in [-0.25, -0.2) is 13.2 Å². The summed E-state index contributed by atoms with van der Waals surface area (Å²) in [5, 5.41) is 9.08. The van der Waals surface area contributed by atoms with Crippen molar-refractivity contribution >= 4 is 33.1 Å². The Morgan fingerprint density at radius 3 is 2.50 bits per heavy atom. The number of hydrogen-bond acceptors (Lipinski definition) is 4. The molecule has 18 heavy (non-hydrogen) atoms. The van der Waals surface area contributed by atoms with Gasteiger partial charge in [-0.1, -0.05) is 11.6 Å². The molecule has 0 heterocycles. The average molecular weight is 292 g/mol. The summed E-state index contributed by atoms with van der Waals surface area (Å²) in [7, 11) is -1.34. The molecule has 1 aromatic carbocycles. The van der Waals surface area contributed by atoms with E-state index in [1.807, 2.05) is 0 Å². The van der Waals surface area contributed by atoms with E-state index in [9.17, 15) is 13.2 Å². The second-order valence-corrected chi connectivity index (χ2v) is 6.69. The minimum Gasteiger partial charge on any atom is -0.478 e. The van der Waals surface area contributed by atoms with E-state index < -0.39 is 15.8 Å². The van der Waals surface area contributed by atoms with Crippen molar-refractivity contribution in [3.63, 3.8) is 0 Å². The third kappa shape index (κ3) is 4.19. The predicted molar refractivity (Wildman–Crippen MR) is 71.4 cm³/mol. The maximum Gasteiger partial charge on any atom is 0.335 e. The summed E-state index contributed by atoms with van der Waals surface area (Å²) < 4.78 is 22.1. The zero-order valence-corrected chi connectivity index (χ0v) is 11.6. The standard InChI is InChI=1S/C11H14ClNO4S/c1-13(5-6-18(2,16)17)10-4-3-8(11(14)15)7-9(10)12/h3-4,7H,5-6H2,1-2H3,(H,14,15). The first-order valence-electron chi connectivity index (χ1n) is 5.12. The van der Waals surface area contributed by atoms with Gasteiger partial charge < -0.3 is 10.0 Å². The van der Waals surface area contributed by atoms with Gasteiger partial charge in [0.15, 0.2) is 0 Å². The lowest BCUT2D eigenvalue weighted by atomic mass is 10.2. The van der Waals surface area contributed by atoms with Crippen molar-refractivity contribution in [3.8, 4) is 0 Å². The quantitative estimate of drug-likeness (QED) is 0.890. The van der Waals surface area contributed by atoms with Gasteiger partial charge in [0.2, 0.25) is 0 Å². The Kier molecular flexibility index (Phi) is 4.59. The van der Waals surface area contributed by atoms with Gasteiger partial charge in [-0.05, 0) is 18.2 Å². The lowest BCUT2D eigenvalue weighted by Gasteiger charge is -2.20. The Hall–Kier alpha value is -1.27. The van der Waals surface area contributed by atoms with Crippen LogP contribution in [0, 0.1) is 0 Å². The van der Waals surface area contributed by atoms with Gasteiger partial charge in [-0.2, -0.15) is 0 Å². The van der Waals surface area contributed by atoms with Crippen LogP contribution in [-0.4, -0.2) is 45.1 Å². The van der Waals surface area contributed by atoms with E-state index in [1.54, 1.807) is 18.0 Å². The molecule has 7 heteroatoms. The number of carboxylic acid groups (broad SMARTS) is 1. The normalized spacial score (nSPS) is 11.3. The molecule has 0 aliphatic heterocycles. The predicted octanol–water partition coefficient (Wildman–Crippen LogP) is 1.52. The Labute approximate surface area is 111 Å². The highest BCUT2D eigenvalue weighted by atomic mass is 35.5. The maximum atomic E-state index is 11.1. The molecule has 0 saturated carbocycles. The fourth-order valence-electron chi connectivity index (χ4n) is 1.37. The molecule has 1 aromatic rings. The van der Waals surface area contributed by atoms with Gasteiger partial charge in [0, 0.05) is 19.8 Å². The molecule has 0 atom stereocenters. The van der Waals surface area contributed by atoms with Gasteiger partial charge in [-0.15, -0.1) is 0 Å². The van der Waals surface area contributed by atoms with Crippen LogP contribution >= 0.6 is 11.6 Å². The van der Waals surface area contributed by atoms with E-state index in [4.69, 9.17) is 16.7 Å². The highest BCUT2D eigenvalue weighted by Crippen LogP contribution is 2.26. The summed E-state index contributed by atoms with van der Waals surface area (Å²) in [6.07, 6.45) is 1.16. The fraction of sp³-hybridized carbons (Fsp3) is 0.364. The molecule has 0 amide bonds.